The minimum absolute atomic E-state index is 0.00365. The molecule has 0 aliphatic carbocycles. The quantitative estimate of drug-likeness (QED) is 0.917. The Bertz CT molecular complexity index is 632. The van der Waals surface area contributed by atoms with Crippen molar-refractivity contribution in [2.75, 3.05) is 0 Å². The monoisotopic (exact) mass is 308 g/mol. The molecule has 1 aromatic heterocycles. The number of hydrogen-bond acceptors (Lipinski definition) is 3. The van der Waals surface area contributed by atoms with Gasteiger partial charge in [0.05, 0.1) is 10.7 Å². The number of rotatable bonds is 5. The first kappa shape index (κ1) is 15.7. The zero-order valence-electron chi connectivity index (χ0n) is 12.1. The molecule has 0 aliphatic rings. The number of aromatic nitrogens is 1. The van der Waals surface area contributed by atoms with E-state index in [1.54, 1.807) is 6.07 Å². The van der Waals surface area contributed by atoms with E-state index in [1.807, 2.05) is 26.0 Å². The van der Waals surface area contributed by atoms with E-state index in [9.17, 15) is 4.39 Å². The molecular formula is C16H18ClFN2O. The number of pyridine rings is 1. The van der Waals surface area contributed by atoms with Gasteiger partial charge in [-0.25, -0.2) is 4.39 Å². The molecule has 1 unspecified atom stereocenters. The molecule has 0 radical (unpaired) electrons. The molecular weight excluding hydrogens is 291 g/mol. The van der Waals surface area contributed by atoms with Crippen LogP contribution in [0.4, 0.5) is 4.39 Å². The summed E-state index contributed by atoms with van der Waals surface area (Å²) < 4.78 is 18.8. The third-order valence-corrected chi connectivity index (χ3v) is 3.34. The maximum atomic E-state index is 13.0. The Balaban J connectivity index is 2.15. The van der Waals surface area contributed by atoms with Crippen molar-refractivity contribution < 1.29 is 9.13 Å². The van der Waals surface area contributed by atoms with E-state index in [-0.39, 0.29) is 18.5 Å². The fourth-order valence-corrected chi connectivity index (χ4v) is 2.20. The summed E-state index contributed by atoms with van der Waals surface area (Å²) in [5.41, 5.74) is 8.30. The average molecular weight is 309 g/mol. The normalized spacial score (nSPS) is 12.2. The van der Waals surface area contributed by atoms with Crippen molar-refractivity contribution in [1.82, 2.24) is 4.98 Å². The van der Waals surface area contributed by atoms with Crippen LogP contribution < -0.4 is 10.5 Å². The molecule has 1 atom stereocenters. The molecule has 0 saturated heterocycles. The lowest BCUT2D eigenvalue weighted by Crippen LogP contribution is -2.19. The van der Waals surface area contributed by atoms with Gasteiger partial charge in [0.1, 0.15) is 18.2 Å². The van der Waals surface area contributed by atoms with Crippen LogP contribution in [0.25, 0.3) is 0 Å². The first-order valence-electron chi connectivity index (χ1n) is 6.74. The van der Waals surface area contributed by atoms with Crippen LogP contribution in [0.3, 0.4) is 0 Å². The van der Waals surface area contributed by atoms with Crippen LogP contribution in [0.15, 0.2) is 30.3 Å². The van der Waals surface area contributed by atoms with Gasteiger partial charge >= 0.3 is 0 Å². The van der Waals surface area contributed by atoms with Gasteiger partial charge in [0.2, 0.25) is 0 Å². The molecule has 0 aliphatic heterocycles. The Morgan fingerprint density at radius 1 is 1.33 bits per heavy atom. The largest absolute Gasteiger partial charge is 0.487 e. The van der Waals surface area contributed by atoms with Gasteiger partial charge in [-0.1, -0.05) is 17.7 Å². The number of halogens is 2. The second-order valence-corrected chi connectivity index (χ2v) is 5.51. The van der Waals surface area contributed by atoms with E-state index in [0.717, 1.165) is 17.0 Å². The molecule has 3 nitrogen and oxygen atoms in total. The molecule has 2 rings (SSSR count). The van der Waals surface area contributed by atoms with Gasteiger partial charge in [-0.2, -0.15) is 0 Å². The van der Waals surface area contributed by atoms with Gasteiger partial charge in [-0.05, 0) is 38.1 Å². The van der Waals surface area contributed by atoms with Gasteiger partial charge in [0.25, 0.3) is 0 Å². The van der Waals surface area contributed by atoms with Gasteiger partial charge in [-0.15, -0.1) is 0 Å². The van der Waals surface area contributed by atoms with Crippen molar-refractivity contribution >= 4 is 11.6 Å². The maximum absolute atomic E-state index is 13.0. The van der Waals surface area contributed by atoms with Crippen LogP contribution in [-0.2, 0) is 13.0 Å². The summed E-state index contributed by atoms with van der Waals surface area (Å²) in [7, 11) is 0. The molecule has 0 spiro atoms. The number of ether oxygens (including phenoxy) is 1. The highest BCUT2D eigenvalue weighted by atomic mass is 35.5. The highest BCUT2D eigenvalue weighted by Crippen LogP contribution is 2.23. The lowest BCUT2D eigenvalue weighted by Gasteiger charge is -2.13. The number of nitrogens with two attached hydrogens (primary N) is 1. The Morgan fingerprint density at radius 2 is 2.10 bits per heavy atom. The summed E-state index contributed by atoms with van der Waals surface area (Å²) in [5, 5.41) is 0.351. The molecule has 112 valence electrons. The third-order valence-electron chi connectivity index (χ3n) is 2.99. The van der Waals surface area contributed by atoms with Crippen molar-refractivity contribution in [3.05, 3.63) is 58.1 Å². The average Bonchev–Trinajstić information content (AvgIpc) is 2.39. The lowest BCUT2D eigenvalue weighted by molar-refractivity contribution is 0.300. The Hall–Kier alpha value is -1.65. The summed E-state index contributed by atoms with van der Waals surface area (Å²) in [5.74, 6) is 0.316. The molecule has 2 N–H and O–H groups in total. The fourth-order valence-electron chi connectivity index (χ4n) is 1.97. The van der Waals surface area contributed by atoms with E-state index in [1.165, 1.54) is 12.1 Å². The minimum atomic E-state index is -0.363. The lowest BCUT2D eigenvalue weighted by atomic mass is 10.1. The molecule has 0 bridgehead atoms. The van der Waals surface area contributed by atoms with Crippen molar-refractivity contribution in [3.8, 4) is 5.75 Å². The number of hydrogen-bond donors (Lipinski definition) is 1. The van der Waals surface area contributed by atoms with Gasteiger partial charge in [0, 0.05) is 23.7 Å². The smallest absolute Gasteiger partial charge is 0.141 e. The molecule has 1 aromatic carbocycles. The predicted octanol–water partition coefficient (Wildman–Crippen LogP) is 3.65. The van der Waals surface area contributed by atoms with Crippen LogP contribution in [0.5, 0.6) is 5.75 Å². The molecule has 0 saturated carbocycles. The standard InChI is InChI=1S/C16H18ClFN2O/c1-10(19)7-15-16(6-3-11(2)20-15)21-9-12-4-5-13(18)8-14(12)17/h3-6,8,10H,7,9,19H2,1-2H3. The highest BCUT2D eigenvalue weighted by molar-refractivity contribution is 6.31. The summed E-state index contributed by atoms with van der Waals surface area (Å²) >= 11 is 5.99. The van der Waals surface area contributed by atoms with Crippen molar-refractivity contribution in [2.24, 2.45) is 5.73 Å². The summed E-state index contributed by atoms with van der Waals surface area (Å²) in [6, 6.07) is 8.00. The SMILES string of the molecule is Cc1ccc(OCc2ccc(F)cc2Cl)c(CC(C)N)n1. The predicted molar refractivity (Wildman–Crippen MR) is 82.1 cm³/mol. The molecule has 21 heavy (non-hydrogen) atoms. The van der Waals surface area contributed by atoms with Gasteiger partial charge in [-0.3, -0.25) is 4.98 Å². The van der Waals surface area contributed by atoms with E-state index in [4.69, 9.17) is 22.1 Å². The van der Waals surface area contributed by atoms with Crippen LogP contribution in [0.1, 0.15) is 23.9 Å². The summed E-state index contributed by atoms with van der Waals surface area (Å²) in [4.78, 5) is 4.46. The molecule has 5 heteroatoms. The van der Waals surface area contributed by atoms with Crippen LogP contribution in [0.2, 0.25) is 5.02 Å². The van der Waals surface area contributed by atoms with Crippen molar-refractivity contribution in [2.45, 2.75) is 32.9 Å². The van der Waals surface area contributed by atoms with E-state index in [0.29, 0.717) is 17.2 Å². The van der Waals surface area contributed by atoms with E-state index in [2.05, 4.69) is 4.98 Å². The van der Waals surface area contributed by atoms with Crippen LogP contribution >= 0.6 is 11.6 Å². The molecule has 0 amide bonds. The number of aryl methyl sites for hydroxylation is 1. The zero-order chi connectivity index (χ0) is 15.4. The first-order valence-corrected chi connectivity index (χ1v) is 7.12. The minimum Gasteiger partial charge on any atom is -0.487 e. The van der Waals surface area contributed by atoms with Gasteiger partial charge < -0.3 is 10.5 Å². The molecule has 2 aromatic rings. The van der Waals surface area contributed by atoms with Crippen LogP contribution in [-0.4, -0.2) is 11.0 Å². The second-order valence-electron chi connectivity index (χ2n) is 5.10. The van der Waals surface area contributed by atoms with Gasteiger partial charge in [0.15, 0.2) is 0 Å². The Kier molecular flexibility index (Phi) is 5.15. The molecule has 0 fully saturated rings. The third kappa shape index (κ3) is 4.41. The van der Waals surface area contributed by atoms with E-state index < -0.39 is 0 Å². The van der Waals surface area contributed by atoms with Crippen molar-refractivity contribution in [3.63, 3.8) is 0 Å². The zero-order valence-corrected chi connectivity index (χ0v) is 12.8. The number of nitrogens with zero attached hydrogens (tertiary/aromatic N) is 1. The number of benzene rings is 1. The first-order chi connectivity index (χ1) is 9.95. The second kappa shape index (κ2) is 6.87. The Labute approximate surface area is 128 Å². The highest BCUT2D eigenvalue weighted by Gasteiger charge is 2.10. The Morgan fingerprint density at radius 3 is 2.76 bits per heavy atom. The van der Waals surface area contributed by atoms with Crippen LogP contribution in [0, 0.1) is 12.7 Å². The molecule has 1 heterocycles. The maximum Gasteiger partial charge on any atom is 0.141 e. The summed E-state index contributed by atoms with van der Waals surface area (Å²) in [6.07, 6.45) is 0.633. The van der Waals surface area contributed by atoms with E-state index >= 15 is 0 Å². The fraction of sp³-hybridized carbons (Fsp3) is 0.312. The van der Waals surface area contributed by atoms with Crippen molar-refractivity contribution in [1.29, 1.82) is 0 Å². The summed E-state index contributed by atoms with van der Waals surface area (Å²) in [6.45, 7) is 4.10. The topological polar surface area (TPSA) is 48.1 Å².